The van der Waals surface area contributed by atoms with Crippen LogP contribution >= 0.6 is 0 Å². The Morgan fingerprint density at radius 3 is 2.00 bits per heavy atom. The van der Waals surface area contributed by atoms with Gasteiger partial charge in [0.25, 0.3) is 0 Å². The summed E-state index contributed by atoms with van der Waals surface area (Å²) in [6.45, 7) is 4.46. The Balaban J connectivity index is 1.81. The average Bonchev–Trinajstić information content (AvgIpc) is 3.27. The molecule has 1 nitrogen and oxygen atoms in total. The van der Waals surface area contributed by atoms with Crippen molar-refractivity contribution in [1.82, 2.24) is 0 Å². The molecule has 0 aromatic heterocycles. The highest BCUT2D eigenvalue weighted by molar-refractivity contribution is 4.97. The van der Waals surface area contributed by atoms with Gasteiger partial charge < -0.3 is 4.74 Å². The molecule has 0 amide bonds. The highest BCUT2D eigenvalue weighted by Gasteiger charge is 2.36. The van der Waals surface area contributed by atoms with Gasteiger partial charge in [-0.15, -0.1) is 0 Å². The van der Waals surface area contributed by atoms with Gasteiger partial charge in [-0.3, -0.25) is 0 Å². The minimum absolute atomic E-state index is 0.528. The van der Waals surface area contributed by atoms with Crippen LogP contribution in [0.15, 0.2) is 24.3 Å². The highest BCUT2D eigenvalue weighted by Crippen LogP contribution is 2.30. The molecule has 1 saturated heterocycles. The lowest BCUT2D eigenvalue weighted by atomic mass is 10.0. The quantitative estimate of drug-likeness (QED) is 0.181. The Morgan fingerprint density at radius 2 is 1.32 bits per heavy atom. The highest BCUT2D eigenvalue weighted by atomic mass is 16.6. The summed E-state index contributed by atoms with van der Waals surface area (Å²) in [5, 5.41) is 0. The fourth-order valence-electron chi connectivity index (χ4n) is 2.96. The largest absolute Gasteiger partial charge is 0.369 e. The van der Waals surface area contributed by atoms with Crippen LogP contribution in [0.2, 0.25) is 0 Å². The maximum absolute atomic E-state index is 5.75. The zero-order chi connectivity index (χ0) is 15.9. The number of epoxide rings is 1. The van der Waals surface area contributed by atoms with Crippen LogP contribution in [0, 0.1) is 0 Å². The molecule has 1 heterocycles. The molecular weight excluding hydrogens is 268 g/mol. The zero-order valence-electron chi connectivity index (χ0n) is 15.1. The Labute approximate surface area is 139 Å². The van der Waals surface area contributed by atoms with E-state index in [1.807, 2.05) is 0 Å². The topological polar surface area (TPSA) is 12.5 Å². The fraction of sp³-hybridized carbons (Fsp3) is 0.810. The normalized spacial score (nSPS) is 21.2. The standard InChI is InChI=1S/C21H38O/c1-3-5-7-9-11-12-13-15-17-19-21-20(22-21)18-16-14-10-8-6-4-2/h6,8,14,16,20-21H,3-5,7,9-13,15,17-19H2,1-2H3/t20-,21+/m0/s1. The zero-order valence-corrected chi connectivity index (χ0v) is 15.1. The van der Waals surface area contributed by atoms with Crippen molar-refractivity contribution in [2.45, 2.75) is 110 Å². The lowest BCUT2D eigenvalue weighted by Crippen LogP contribution is -1.93. The van der Waals surface area contributed by atoms with Crippen molar-refractivity contribution >= 4 is 0 Å². The molecule has 1 fully saturated rings. The fourth-order valence-corrected chi connectivity index (χ4v) is 2.96. The third-order valence-corrected chi connectivity index (χ3v) is 4.49. The molecular formula is C21H38O. The number of hydrogen-bond donors (Lipinski definition) is 0. The first-order valence-corrected chi connectivity index (χ1v) is 9.84. The summed E-state index contributed by atoms with van der Waals surface area (Å²) in [6, 6.07) is 0. The van der Waals surface area contributed by atoms with E-state index < -0.39 is 0 Å². The van der Waals surface area contributed by atoms with Crippen LogP contribution in [0.25, 0.3) is 0 Å². The van der Waals surface area contributed by atoms with E-state index in [-0.39, 0.29) is 0 Å². The summed E-state index contributed by atoms with van der Waals surface area (Å²) in [4.78, 5) is 0. The monoisotopic (exact) mass is 306 g/mol. The molecule has 0 radical (unpaired) electrons. The summed E-state index contributed by atoms with van der Waals surface area (Å²) in [5.41, 5.74) is 0. The van der Waals surface area contributed by atoms with Crippen LogP contribution < -0.4 is 0 Å². The van der Waals surface area contributed by atoms with Crippen molar-refractivity contribution in [2.24, 2.45) is 0 Å². The van der Waals surface area contributed by atoms with E-state index in [2.05, 4.69) is 38.2 Å². The van der Waals surface area contributed by atoms with Gasteiger partial charge in [-0.1, -0.05) is 95.9 Å². The molecule has 0 bridgehead atoms. The minimum Gasteiger partial charge on any atom is -0.369 e. The number of ether oxygens (including phenoxy) is 1. The van der Waals surface area contributed by atoms with Gasteiger partial charge in [0.1, 0.15) is 0 Å². The van der Waals surface area contributed by atoms with Gasteiger partial charge in [0, 0.05) is 0 Å². The Bertz CT molecular complexity index is 292. The van der Waals surface area contributed by atoms with Crippen LogP contribution in [0.4, 0.5) is 0 Å². The van der Waals surface area contributed by atoms with E-state index in [1.165, 1.54) is 64.2 Å². The van der Waals surface area contributed by atoms with E-state index >= 15 is 0 Å². The molecule has 128 valence electrons. The van der Waals surface area contributed by atoms with Crippen molar-refractivity contribution in [3.63, 3.8) is 0 Å². The molecule has 0 aromatic rings. The molecule has 22 heavy (non-hydrogen) atoms. The molecule has 0 saturated carbocycles. The van der Waals surface area contributed by atoms with Crippen LogP contribution in [-0.2, 0) is 4.74 Å². The summed E-state index contributed by atoms with van der Waals surface area (Å²) < 4.78 is 5.75. The van der Waals surface area contributed by atoms with Gasteiger partial charge in [-0.05, 0) is 25.7 Å². The lowest BCUT2D eigenvalue weighted by molar-refractivity contribution is 0.358. The van der Waals surface area contributed by atoms with Gasteiger partial charge in [0.15, 0.2) is 0 Å². The average molecular weight is 307 g/mol. The first-order chi connectivity index (χ1) is 10.9. The number of allylic oxidation sites excluding steroid dienone is 3. The maximum atomic E-state index is 5.75. The van der Waals surface area contributed by atoms with Crippen LogP contribution in [0.1, 0.15) is 97.3 Å². The number of hydrogen-bond acceptors (Lipinski definition) is 1. The lowest BCUT2D eigenvalue weighted by Gasteiger charge is -2.01. The SMILES string of the molecule is CCC=CCC=CC[C@@H]1O[C@@H]1CCCCCCCCCCC. The van der Waals surface area contributed by atoms with E-state index in [0.717, 1.165) is 19.3 Å². The van der Waals surface area contributed by atoms with Crippen molar-refractivity contribution in [1.29, 1.82) is 0 Å². The van der Waals surface area contributed by atoms with Gasteiger partial charge in [0.2, 0.25) is 0 Å². The van der Waals surface area contributed by atoms with Crippen LogP contribution in [0.5, 0.6) is 0 Å². The first-order valence-electron chi connectivity index (χ1n) is 9.84. The summed E-state index contributed by atoms with van der Waals surface area (Å²) >= 11 is 0. The molecule has 0 unspecified atom stereocenters. The van der Waals surface area contributed by atoms with E-state index in [9.17, 15) is 0 Å². The first kappa shape index (κ1) is 19.5. The molecule has 0 aliphatic carbocycles. The number of rotatable bonds is 15. The maximum Gasteiger partial charge on any atom is 0.0876 e. The van der Waals surface area contributed by atoms with Crippen molar-refractivity contribution in [2.75, 3.05) is 0 Å². The molecule has 1 aliphatic heterocycles. The van der Waals surface area contributed by atoms with Gasteiger partial charge in [-0.25, -0.2) is 0 Å². The molecule has 1 heteroatoms. The second kappa shape index (κ2) is 14.1. The Kier molecular flexibility index (Phi) is 12.5. The Hall–Kier alpha value is -0.560. The predicted octanol–water partition coefficient (Wildman–Crippen LogP) is 6.98. The molecule has 0 spiro atoms. The smallest absolute Gasteiger partial charge is 0.0876 e. The predicted molar refractivity (Wildman–Crippen MR) is 98.3 cm³/mol. The van der Waals surface area contributed by atoms with Gasteiger partial charge >= 0.3 is 0 Å². The van der Waals surface area contributed by atoms with Crippen molar-refractivity contribution in [3.05, 3.63) is 24.3 Å². The van der Waals surface area contributed by atoms with E-state index in [0.29, 0.717) is 12.2 Å². The summed E-state index contributed by atoms with van der Waals surface area (Å²) in [5.74, 6) is 0. The molecule has 2 atom stereocenters. The van der Waals surface area contributed by atoms with Crippen molar-refractivity contribution < 1.29 is 4.74 Å². The van der Waals surface area contributed by atoms with E-state index in [1.54, 1.807) is 0 Å². The molecule has 1 aliphatic rings. The second-order valence-corrected chi connectivity index (χ2v) is 6.65. The Morgan fingerprint density at radius 1 is 0.682 bits per heavy atom. The van der Waals surface area contributed by atoms with Crippen LogP contribution in [-0.4, -0.2) is 12.2 Å². The van der Waals surface area contributed by atoms with E-state index in [4.69, 9.17) is 4.74 Å². The number of unbranched alkanes of at least 4 members (excludes halogenated alkanes) is 8. The molecule has 1 rings (SSSR count). The molecule has 0 aromatic carbocycles. The minimum atomic E-state index is 0.528. The third kappa shape index (κ3) is 11.1. The van der Waals surface area contributed by atoms with Crippen molar-refractivity contribution in [3.8, 4) is 0 Å². The van der Waals surface area contributed by atoms with Gasteiger partial charge in [0.05, 0.1) is 12.2 Å². The molecule has 0 N–H and O–H groups in total. The third-order valence-electron chi connectivity index (χ3n) is 4.49. The van der Waals surface area contributed by atoms with Gasteiger partial charge in [-0.2, -0.15) is 0 Å². The summed E-state index contributed by atoms with van der Waals surface area (Å²) in [7, 11) is 0. The second-order valence-electron chi connectivity index (χ2n) is 6.65. The van der Waals surface area contributed by atoms with Crippen LogP contribution in [0.3, 0.4) is 0 Å². The summed E-state index contributed by atoms with van der Waals surface area (Å²) in [6.07, 6.45) is 27.5.